The first kappa shape index (κ1) is 13.0. The van der Waals surface area contributed by atoms with Crippen molar-refractivity contribution < 1.29 is 0 Å². The Morgan fingerprint density at radius 3 is 2.47 bits per heavy atom. The highest BCUT2D eigenvalue weighted by Gasteiger charge is 2.40. The fraction of sp³-hybridized carbons (Fsp3) is 1.00. The normalized spacial score (nSPS) is 20.6. The second kappa shape index (κ2) is 5.89. The highest BCUT2D eigenvalue weighted by molar-refractivity contribution is 4.92. The van der Waals surface area contributed by atoms with E-state index in [0.29, 0.717) is 5.41 Å². The number of rotatable bonds is 8. The van der Waals surface area contributed by atoms with Crippen molar-refractivity contribution in [1.29, 1.82) is 0 Å². The molecule has 1 aliphatic rings. The molecule has 0 aromatic rings. The van der Waals surface area contributed by atoms with E-state index in [1.807, 2.05) is 0 Å². The lowest BCUT2D eigenvalue weighted by Crippen LogP contribution is -2.34. The second-order valence-corrected chi connectivity index (χ2v) is 6.04. The first-order chi connectivity index (χ1) is 7.08. The SMILES string of the molecule is CCCNCC(C)(CCC(C)C)C1CC1. The van der Waals surface area contributed by atoms with Gasteiger partial charge in [0, 0.05) is 6.54 Å². The van der Waals surface area contributed by atoms with Gasteiger partial charge in [0.2, 0.25) is 0 Å². The predicted octanol–water partition coefficient (Wildman–Crippen LogP) is 3.84. The highest BCUT2D eigenvalue weighted by atomic mass is 14.9. The third-order valence-corrected chi connectivity index (χ3v) is 3.81. The van der Waals surface area contributed by atoms with Gasteiger partial charge in [-0.25, -0.2) is 0 Å². The molecule has 0 radical (unpaired) electrons. The lowest BCUT2D eigenvalue weighted by atomic mass is 9.78. The van der Waals surface area contributed by atoms with Gasteiger partial charge in [-0.3, -0.25) is 0 Å². The van der Waals surface area contributed by atoms with Crippen molar-refractivity contribution in [2.24, 2.45) is 17.3 Å². The van der Waals surface area contributed by atoms with Crippen LogP contribution in [0.1, 0.15) is 59.8 Å². The van der Waals surface area contributed by atoms with E-state index in [-0.39, 0.29) is 0 Å². The molecule has 0 heterocycles. The lowest BCUT2D eigenvalue weighted by Gasteiger charge is -2.31. The van der Waals surface area contributed by atoms with Gasteiger partial charge in [-0.15, -0.1) is 0 Å². The van der Waals surface area contributed by atoms with Gasteiger partial charge in [0.05, 0.1) is 0 Å². The summed E-state index contributed by atoms with van der Waals surface area (Å²) in [6.07, 6.45) is 7.00. The molecule has 0 aromatic carbocycles. The molecule has 1 N–H and O–H groups in total. The highest BCUT2D eigenvalue weighted by Crippen LogP contribution is 2.48. The maximum atomic E-state index is 3.62. The predicted molar refractivity (Wildman–Crippen MR) is 68.1 cm³/mol. The van der Waals surface area contributed by atoms with Crippen molar-refractivity contribution in [3.8, 4) is 0 Å². The van der Waals surface area contributed by atoms with Crippen molar-refractivity contribution in [2.75, 3.05) is 13.1 Å². The summed E-state index contributed by atoms with van der Waals surface area (Å²) < 4.78 is 0. The van der Waals surface area contributed by atoms with Crippen LogP contribution in [0.5, 0.6) is 0 Å². The summed E-state index contributed by atoms with van der Waals surface area (Å²) in [6.45, 7) is 11.8. The van der Waals surface area contributed by atoms with E-state index in [1.165, 1.54) is 45.2 Å². The van der Waals surface area contributed by atoms with Gasteiger partial charge in [0.25, 0.3) is 0 Å². The van der Waals surface area contributed by atoms with Crippen LogP contribution in [0.25, 0.3) is 0 Å². The summed E-state index contributed by atoms with van der Waals surface area (Å²) in [7, 11) is 0. The maximum Gasteiger partial charge on any atom is 0.000781 e. The van der Waals surface area contributed by atoms with Crippen LogP contribution in [0.2, 0.25) is 0 Å². The topological polar surface area (TPSA) is 12.0 Å². The summed E-state index contributed by atoms with van der Waals surface area (Å²) in [4.78, 5) is 0. The molecule has 15 heavy (non-hydrogen) atoms. The number of nitrogens with one attached hydrogen (secondary N) is 1. The summed E-state index contributed by atoms with van der Waals surface area (Å²) in [5.41, 5.74) is 0.583. The van der Waals surface area contributed by atoms with Gasteiger partial charge < -0.3 is 5.32 Å². The van der Waals surface area contributed by atoms with Crippen molar-refractivity contribution in [3.05, 3.63) is 0 Å². The average molecular weight is 211 g/mol. The van der Waals surface area contributed by atoms with Crippen LogP contribution < -0.4 is 5.32 Å². The molecule has 1 heteroatoms. The zero-order valence-corrected chi connectivity index (χ0v) is 11.1. The minimum atomic E-state index is 0.583. The minimum absolute atomic E-state index is 0.583. The van der Waals surface area contributed by atoms with E-state index in [9.17, 15) is 0 Å². The Labute approximate surface area is 96.0 Å². The monoisotopic (exact) mass is 211 g/mol. The Hall–Kier alpha value is -0.0400. The van der Waals surface area contributed by atoms with Crippen molar-refractivity contribution in [2.45, 2.75) is 59.8 Å². The van der Waals surface area contributed by atoms with Gasteiger partial charge in [-0.1, -0.05) is 34.1 Å². The summed E-state index contributed by atoms with van der Waals surface area (Å²) >= 11 is 0. The molecule has 1 rings (SSSR count). The molecule has 0 aromatic heterocycles. The van der Waals surface area contributed by atoms with E-state index in [1.54, 1.807) is 0 Å². The van der Waals surface area contributed by atoms with E-state index < -0.39 is 0 Å². The Balaban J connectivity index is 2.32. The summed E-state index contributed by atoms with van der Waals surface area (Å²) in [5.74, 6) is 1.87. The third kappa shape index (κ3) is 4.55. The summed E-state index contributed by atoms with van der Waals surface area (Å²) in [6, 6.07) is 0. The van der Waals surface area contributed by atoms with Crippen LogP contribution in [0.4, 0.5) is 0 Å². The van der Waals surface area contributed by atoms with E-state index in [2.05, 4.69) is 33.0 Å². The first-order valence-corrected chi connectivity index (χ1v) is 6.79. The van der Waals surface area contributed by atoms with Crippen LogP contribution in [-0.4, -0.2) is 13.1 Å². The number of hydrogen-bond acceptors (Lipinski definition) is 1. The molecule has 1 saturated carbocycles. The standard InChI is InChI=1S/C14H29N/c1-5-10-15-11-14(4,13-6-7-13)9-8-12(2)3/h12-13,15H,5-11H2,1-4H3. The zero-order chi connectivity index (χ0) is 11.3. The van der Waals surface area contributed by atoms with Gasteiger partial charge in [-0.05, 0) is 49.5 Å². The lowest BCUT2D eigenvalue weighted by molar-refractivity contribution is 0.220. The fourth-order valence-electron chi connectivity index (χ4n) is 2.39. The molecule has 1 unspecified atom stereocenters. The van der Waals surface area contributed by atoms with Crippen LogP contribution in [0, 0.1) is 17.3 Å². The van der Waals surface area contributed by atoms with E-state index >= 15 is 0 Å². The van der Waals surface area contributed by atoms with E-state index in [0.717, 1.165) is 11.8 Å². The Bertz CT molecular complexity index is 172. The molecule has 1 atom stereocenters. The maximum absolute atomic E-state index is 3.62. The molecule has 0 spiro atoms. The van der Waals surface area contributed by atoms with Gasteiger partial charge in [0.1, 0.15) is 0 Å². The molecule has 1 fully saturated rings. The molecular weight excluding hydrogens is 182 g/mol. The first-order valence-electron chi connectivity index (χ1n) is 6.79. The van der Waals surface area contributed by atoms with Gasteiger partial charge in [-0.2, -0.15) is 0 Å². The smallest absolute Gasteiger partial charge is 0.000781 e. The van der Waals surface area contributed by atoms with Gasteiger partial charge >= 0.3 is 0 Å². The minimum Gasteiger partial charge on any atom is -0.316 e. The van der Waals surface area contributed by atoms with Gasteiger partial charge in [0.15, 0.2) is 0 Å². The third-order valence-electron chi connectivity index (χ3n) is 3.81. The quantitative estimate of drug-likeness (QED) is 0.602. The molecule has 0 amide bonds. The molecule has 1 nitrogen and oxygen atoms in total. The molecule has 90 valence electrons. The average Bonchev–Trinajstić information content (AvgIpc) is 2.98. The Morgan fingerprint density at radius 1 is 1.33 bits per heavy atom. The molecule has 0 saturated heterocycles. The fourth-order valence-corrected chi connectivity index (χ4v) is 2.39. The van der Waals surface area contributed by atoms with E-state index in [4.69, 9.17) is 0 Å². The Morgan fingerprint density at radius 2 is 2.00 bits per heavy atom. The van der Waals surface area contributed by atoms with Crippen molar-refractivity contribution in [3.63, 3.8) is 0 Å². The number of hydrogen-bond donors (Lipinski definition) is 1. The molecule has 0 aliphatic heterocycles. The molecular formula is C14H29N. The molecule has 0 bridgehead atoms. The second-order valence-electron chi connectivity index (χ2n) is 6.04. The Kier molecular flexibility index (Phi) is 5.11. The van der Waals surface area contributed by atoms with Crippen LogP contribution in [-0.2, 0) is 0 Å². The van der Waals surface area contributed by atoms with Crippen LogP contribution >= 0.6 is 0 Å². The van der Waals surface area contributed by atoms with Crippen molar-refractivity contribution >= 4 is 0 Å². The summed E-state index contributed by atoms with van der Waals surface area (Å²) in [5, 5.41) is 3.62. The van der Waals surface area contributed by atoms with Crippen molar-refractivity contribution in [1.82, 2.24) is 5.32 Å². The zero-order valence-electron chi connectivity index (χ0n) is 11.1. The van der Waals surface area contributed by atoms with Crippen LogP contribution in [0.15, 0.2) is 0 Å². The van der Waals surface area contributed by atoms with Crippen LogP contribution in [0.3, 0.4) is 0 Å². The largest absolute Gasteiger partial charge is 0.316 e. The molecule has 1 aliphatic carbocycles.